The molecule has 4 nitrogen and oxygen atoms in total. The molecule has 0 saturated heterocycles. The smallest absolute Gasteiger partial charge is 0.0924 e. The molecule has 106 valence electrons. The van der Waals surface area contributed by atoms with Crippen LogP contribution in [0.2, 0.25) is 0 Å². The van der Waals surface area contributed by atoms with Crippen molar-refractivity contribution in [1.82, 2.24) is 4.90 Å². The lowest BCUT2D eigenvalue weighted by Crippen LogP contribution is -2.38. The van der Waals surface area contributed by atoms with Gasteiger partial charge in [0.05, 0.1) is 5.84 Å². The zero-order valence-electron chi connectivity index (χ0n) is 11.8. The first kappa shape index (κ1) is 15.7. The van der Waals surface area contributed by atoms with Gasteiger partial charge in [-0.3, -0.25) is 10.3 Å². The zero-order valence-corrected chi connectivity index (χ0v) is 11.8. The van der Waals surface area contributed by atoms with Gasteiger partial charge in [-0.2, -0.15) is 0 Å². The van der Waals surface area contributed by atoms with Gasteiger partial charge in [-0.25, -0.2) is 0 Å². The van der Waals surface area contributed by atoms with Gasteiger partial charge in [-0.05, 0) is 25.8 Å². The van der Waals surface area contributed by atoms with Crippen molar-refractivity contribution in [3.8, 4) is 0 Å². The number of nitrogens with zero attached hydrogens (tertiary/aromatic N) is 1. The number of rotatable bonds is 8. The van der Waals surface area contributed by atoms with Gasteiger partial charge in [0.1, 0.15) is 0 Å². The van der Waals surface area contributed by atoms with Crippen molar-refractivity contribution in [2.45, 2.75) is 38.8 Å². The molecule has 0 heterocycles. The number of hydrogen-bond acceptors (Lipinski definition) is 3. The summed E-state index contributed by atoms with van der Waals surface area (Å²) in [6.07, 6.45) is 1.26. The van der Waals surface area contributed by atoms with Crippen LogP contribution in [0.1, 0.15) is 38.3 Å². The first-order valence-electron chi connectivity index (χ1n) is 6.80. The van der Waals surface area contributed by atoms with Crippen LogP contribution in [0.5, 0.6) is 0 Å². The summed E-state index contributed by atoms with van der Waals surface area (Å²) in [6, 6.07) is 10.6. The molecule has 19 heavy (non-hydrogen) atoms. The first-order valence-corrected chi connectivity index (χ1v) is 6.80. The maximum atomic E-state index is 9.04. The maximum absolute atomic E-state index is 9.04. The van der Waals surface area contributed by atoms with Crippen LogP contribution in [0.25, 0.3) is 0 Å². The predicted octanol–water partition coefficient (Wildman–Crippen LogP) is 2.15. The second kappa shape index (κ2) is 7.92. The lowest BCUT2D eigenvalue weighted by Gasteiger charge is -2.35. The van der Waals surface area contributed by atoms with Gasteiger partial charge in [0.25, 0.3) is 0 Å². The highest BCUT2D eigenvalue weighted by Crippen LogP contribution is 2.26. The fourth-order valence-corrected chi connectivity index (χ4v) is 2.34. The second-order valence-electron chi connectivity index (χ2n) is 5.06. The zero-order chi connectivity index (χ0) is 14.3. The Morgan fingerprint density at radius 2 is 1.95 bits per heavy atom. The second-order valence-corrected chi connectivity index (χ2v) is 5.06. The highest BCUT2D eigenvalue weighted by Gasteiger charge is 2.23. The van der Waals surface area contributed by atoms with Crippen LogP contribution in [0.15, 0.2) is 30.3 Å². The van der Waals surface area contributed by atoms with Crippen molar-refractivity contribution < 1.29 is 5.11 Å². The number of benzene rings is 1. The number of amidine groups is 1. The van der Waals surface area contributed by atoms with Crippen molar-refractivity contribution in [2.75, 3.05) is 13.2 Å². The molecule has 0 fully saturated rings. The lowest BCUT2D eigenvalue weighted by molar-refractivity contribution is 0.140. The topological polar surface area (TPSA) is 73.3 Å². The molecule has 1 aromatic carbocycles. The van der Waals surface area contributed by atoms with Crippen molar-refractivity contribution in [1.29, 1.82) is 5.41 Å². The molecule has 0 aromatic heterocycles. The molecule has 0 aliphatic heterocycles. The summed E-state index contributed by atoms with van der Waals surface area (Å²) in [5.74, 6) is 0.198. The average Bonchev–Trinajstić information content (AvgIpc) is 2.38. The molecule has 0 spiro atoms. The molecule has 0 saturated carbocycles. The van der Waals surface area contributed by atoms with E-state index in [1.165, 1.54) is 5.56 Å². The summed E-state index contributed by atoms with van der Waals surface area (Å²) in [4.78, 5) is 2.30. The highest BCUT2D eigenvalue weighted by atomic mass is 16.3. The Hall–Kier alpha value is -1.39. The molecule has 1 rings (SSSR count). The summed E-state index contributed by atoms with van der Waals surface area (Å²) in [7, 11) is 0. The predicted molar refractivity (Wildman–Crippen MR) is 79.3 cm³/mol. The minimum atomic E-state index is 0.102. The summed E-state index contributed by atoms with van der Waals surface area (Å²) in [5, 5.41) is 16.6. The van der Waals surface area contributed by atoms with E-state index in [0.717, 1.165) is 13.0 Å². The molecule has 0 aliphatic carbocycles. The van der Waals surface area contributed by atoms with Crippen LogP contribution in [0, 0.1) is 5.41 Å². The van der Waals surface area contributed by atoms with Crippen molar-refractivity contribution in [2.24, 2.45) is 5.73 Å². The van der Waals surface area contributed by atoms with E-state index in [4.69, 9.17) is 16.2 Å². The Morgan fingerprint density at radius 3 is 2.42 bits per heavy atom. The van der Waals surface area contributed by atoms with Gasteiger partial charge in [-0.1, -0.05) is 30.3 Å². The van der Waals surface area contributed by atoms with E-state index in [1.54, 1.807) is 0 Å². The highest BCUT2D eigenvalue weighted by molar-refractivity contribution is 5.77. The SMILES string of the molecule is CC(C)N(CCCO)C(CC(=N)N)c1ccccc1. The van der Waals surface area contributed by atoms with Gasteiger partial charge in [0.15, 0.2) is 0 Å². The van der Waals surface area contributed by atoms with Crippen molar-refractivity contribution in [3.05, 3.63) is 35.9 Å². The van der Waals surface area contributed by atoms with Gasteiger partial charge in [0.2, 0.25) is 0 Å². The normalized spacial score (nSPS) is 12.9. The third-order valence-electron chi connectivity index (χ3n) is 3.24. The van der Waals surface area contributed by atoms with Crippen LogP contribution >= 0.6 is 0 Å². The summed E-state index contributed by atoms with van der Waals surface area (Å²) in [5.41, 5.74) is 6.78. The van der Waals surface area contributed by atoms with E-state index in [9.17, 15) is 0 Å². The minimum Gasteiger partial charge on any atom is -0.396 e. The molecule has 0 radical (unpaired) electrons. The molecule has 1 aromatic rings. The number of nitrogens with two attached hydrogens (primary N) is 1. The Bertz CT molecular complexity index is 378. The van der Waals surface area contributed by atoms with Crippen molar-refractivity contribution in [3.63, 3.8) is 0 Å². The molecular formula is C15H25N3O. The first-order chi connectivity index (χ1) is 9.06. The standard InChI is InChI=1S/C15H25N3O/c1-12(2)18(9-6-10-19)14(11-15(16)17)13-7-4-3-5-8-13/h3-5,7-8,12,14,19H,6,9-11H2,1-2H3,(H3,16,17). The number of aliphatic hydroxyl groups is 1. The van der Waals surface area contributed by atoms with Gasteiger partial charge in [0, 0.05) is 31.7 Å². The lowest BCUT2D eigenvalue weighted by atomic mass is 9.99. The van der Waals surface area contributed by atoms with E-state index < -0.39 is 0 Å². The molecule has 4 heteroatoms. The summed E-state index contributed by atoms with van der Waals surface area (Å²) >= 11 is 0. The average molecular weight is 263 g/mol. The van der Waals surface area contributed by atoms with Crippen LogP contribution in [0.4, 0.5) is 0 Å². The third-order valence-corrected chi connectivity index (χ3v) is 3.24. The number of nitrogens with one attached hydrogen (secondary N) is 1. The Kier molecular flexibility index (Phi) is 6.53. The molecule has 0 amide bonds. The van der Waals surface area contributed by atoms with Gasteiger partial charge < -0.3 is 10.8 Å². The monoisotopic (exact) mass is 263 g/mol. The van der Waals surface area contributed by atoms with E-state index in [-0.39, 0.29) is 18.5 Å². The van der Waals surface area contributed by atoms with E-state index in [0.29, 0.717) is 12.5 Å². The third kappa shape index (κ3) is 5.01. The van der Waals surface area contributed by atoms with Crippen LogP contribution in [-0.4, -0.2) is 35.0 Å². The summed E-state index contributed by atoms with van der Waals surface area (Å²) < 4.78 is 0. The quantitative estimate of drug-likeness (QED) is 0.497. The maximum Gasteiger partial charge on any atom is 0.0924 e. The Balaban J connectivity index is 2.95. The van der Waals surface area contributed by atoms with E-state index >= 15 is 0 Å². The number of aliphatic hydroxyl groups excluding tert-OH is 1. The number of hydrogen-bond donors (Lipinski definition) is 3. The fourth-order valence-electron chi connectivity index (χ4n) is 2.34. The van der Waals surface area contributed by atoms with E-state index in [2.05, 4.69) is 30.9 Å². The molecule has 1 atom stereocenters. The van der Waals surface area contributed by atoms with Crippen LogP contribution in [0.3, 0.4) is 0 Å². The molecular weight excluding hydrogens is 238 g/mol. The Labute approximate surface area is 115 Å². The minimum absolute atomic E-state index is 0.102. The largest absolute Gasteiger partial charge is 0.396 e. The van der Waals surface area contributed by atoms with Crippen molar-refractivity contribution >= 4 is 5.84 Å². The molecule has 1 unspecified atom stereocenters. The van der Waals surface area contributed by atoms with Crippen LogP contribution < -0.4 is 5.73 Å². The molecule has 0 bridgehead atoms. The molecule has 4 N–H and O–H groups in total. The molecule has 0 aliphatic rings. The van der Waals surface area contributed by atoms with Gasteiger partial charge in [-0.15, -0.1) is 0 Å². The van der Waals surface area contributed by atoms with Gasteiger partial charge >= 0.3 is 0 Å². The summed E-state index contributed by atoms with van der Waals surface area (Å²) in [6.45, 7) is 5.26. The fraction of sp³-hybridized carbons (Fsp3) is 0.533. The Morgan fingerprint density at radius 1 is 1.32 bits per heavy atom. The van der Waals surface area contributed by atoms with E-state index in [1.807, 2.05) is 18.2 Å². The van der Waals surface area contributed by atoms with Crippen LogP contribution in [-0.2, 0) is 0 Å².